The standard InChI is InChI=1S/C12H15ClN2O3/c1-8(12(17)18-2)14-7-11(16)15-10-5-3-9(13)4-6-10/h3-6,8,14H,7H2,1-2H3,(H,15,16). The number of hydrogen-bond acceptors (Lipinski definition) is 4. The maximum atomic E-state index is 11.6. The van der Waals surface area contributed by atoms with Crippen molar-refractivity contribution in [3.8, 4) is 0 Å². The summed E-state index contributed by atoms with van der Waals surface area (Å²) in [6, 6.07) is 6.24. The Balaban J connectivity index is 2.38. The molecule has 1 aromatic carbocycles. The highest BCUT2D eigenvalue weighted by Crippen LogP contribution is 2.12. The minimum atomic E-state index is -0.522. The Kier molecular flexibility index (Phi) is 5.61. The second-order valence-electron chi connectivity index (χ2n) is 3.68. The number of esters is 1. The number of carbonyl (C=O) groups is 2. The van der Waals surface area contributed by atoms with Crippen LogP contribution in [0.5, 0.6) is 0 Å². The van der Waals surface area contributed by atoms with Crippen molar-refractivity contribution in [3.63, 3.8) is 0 Å². The molecule has 98 valence electrons. The van der Waals surface area contributed by atoms with Crippen molar-refractivity contribution >= 4 is 29.2 Å². The summed E-state index contributed by atoms with van der Waals surface area (Å²) in [7, 11) is 1.30. The summed E-state index contributed by atoms with van der Waals surface area (Å²) < 4.78 is 4.53. The lowest BCUT2D eigenvalue weighted by Crippen LogP contribution is -2.39. The molecule has 0 saturated heterocycles. The summed E-state index contributed by atoms with van der Waals surface area (Å²) in [4.78, 5) is 22.6. The van der Waals surface area contributed by atoms with Gasteiger partial charge < -0.3 is 10.1 Å². The molecule has 1 aromatic rings. The maximum absolute atomic E-state index is 11.6. The monoisotopic (exact) mass is 270 g/mol. The first-order valence-electron chi connectivity index (χ1n) is 5.39. The van der Waals surface area contributed by atoms with Crippen LogP contribution in [0.15, 0.2) is 24.3 Å². The molecule has 0 aliphatic rings. The van der Waals surface area contributed by atoms with Crippen molar-refractivity contribution < 1.29 is 14.3 Å². The Morgan fingerprint density at radius 2 is 1.94 bits per heavy atom. The number of hydrogen-bond donors (Lipinski definition) is 2. The number of carbonyl (C=O) groups excluding carboxylic acids is 2. The fourth-order valence-electron chi connectivity index (χ4n) is 1.24. The van der Waals surface area contributed by atoms with Crippen molar-refractivity contribution in [1.29, 1.82) is 0 Å². The first-order chi connectivity index (χ1) is 8.52. The number of ether oxygens (including phenoxy) is 1. The van der Waals surface area contributed by atoms with E-state index in [9.17, 15) is 9.59 Å². The topological polar surface area (TPSA) is 67.4 Å². The SMILES string of the molecule is COC(=O)C(C)NCC(=O)Nc1ccc(Cl)cc1. The van der Waals surface area contributed by atoms with Gasteiger partial charge in [0.05, 0.1) is 13.7 Å². The largest absolute Gasteiger partial charge is 0.468 e. The molecule has 5 nitrogen and oxygen atoms in total. The van der Waals surface area contributed by atoms with Crippen molar-refractivity contribution in [2.75, 3.05) is 19.0 Å². The molecular weight excluding hydrogens is 256 g/mol. The highest BCUT2D eigenvalue weighted by Gasteiger charge is 2.13. The molecule has 18 heavy (non-hydrogen) atoms. The van der Waals surface area contributed by atoms with Crippen LogP contribution in [0.25, 0.3) is 0 Å². The second-order valence-corrected chi connectivity index (χ2v) is 4.12. The minimum absolute atomic E-state index is 0.0267. The van der Waals surface area contributed by atoms with Crippen LogP contribution in [0, 0.1) is 0 Å². The lowest BCUT2D eigenvalue weighted by atomic mass is 10.3. The Bertz CT molecular complexity index is 420. The summed E-state index contributed by atoms with van der Waals surface area (Å²) in [6.45, 7) is 1.65. The highest BCUT2D eigenvalue weighted by molar-refractivity contribution is 6.30. The zero-order valence-electron chi connectivity index (χ0n) is 10.2. The van der Waals surface area contributed by atoms with Crippen LogP contribution < -0.4 is 10.6 Å². The van der Waals surface area contributed by atoms with Gasteiger partial charge in [-0.1, -0.05) is 11.6 Å². The summed E-state index contributed by atoms with van der Waals surface area (Å²) in [5.41, 5.74) is 0.650. The van der Waals surface area contributed by atoms with E-state index >= 15 is 0 Å². The van der Waals surface area contributed by atoms with E-state index in [4.69, 9.17) is 11.6 Å². The molecule has 0 aromatic heterocycles. The first kappa shape index (κ1) is 14.5. The van der Waals surface area contributed by atoms with Gasteiger partial charge in [-0.2, -0.15) is 0 Å². The molecule has 0 aliphatic carbocycles. The van der Waals surface area contributed by atoms with Crippen LogP contribution in [0.2, 0.25) is 5.02 Å². The molecule has 1 amide bonds. The first-order valence-corrected chi connectivity index (χ1v) is 5.77. The molecular formula is C12H15ClN2O3. The van der Waals surface area contributed by atoms with Gasteiger partial charge >= 0.3 is 5.97 Å². The van der Waals surface area contributed by atoms with Crippen molar-refractivity contribution in [2.24, 2.45) is 0 Å². The molecule has 2 N–H and O–H groups in total. The van der Waals surface area contributed by atoms with Gasteiger partial charge in [-0.3, -0.25) is 14.9 Å². The predicted octanol–water partition coefficient (Wildman–Crippen LogP) is 1.43. The third-order valence-corrected chi connectivity index (χ3v) is 2.50. The lowest BCUT2D eigenvalue weighted by molar-refractivity contribution is -0.142. The molecule has 0 aliphatic heterocycles. The quantitative estimate of drug-likeness (QED) is 0.795. The number of nitrogens with one attached hydrogen (secondary N) is 2. The Labute approximate surface area is 110 Å². The third kappa shape index (κ3) is 4.73. The number of benzene rings is 1. The molecule has 1 unspecified atom stereocenters. The molecule has 0 bridgehead atoms. The average molecular weight is 271 g/mol. The summed E-state index contributed by atoms with van der Waals surface area (Å²) in [6.07, 6.45) is 0. The predicted molar refractivity (Wildman–Crippen MR) is 69.6 cm³/mol. The van der Waals surface area contributed by atoms with E-state index in [-0.39, 0.29) is 12.5 Å². The van der Waals surface area contributed by atoms with E-state index in [0.717, 1.165) is 0 Å². The smallest absolute Gasteiger partial charge is 0.322 e. The maximum Gasteiger partial charge on any atom is 0.322 e. The molecule has 0 heterocycles. The highest BCUT2D eigenvalue weighted by atomic mass is 35.5. The van der Waals surface area contributed by atoms with E-state index < -0.39 is 12.0 Å². The van der Waals surface area contributed by atoms with Gasteiger partial charge in [-0.05, 0) is 31.2 Å². The summed E-state index contributed by atoms with van der Waals surface area (Å²) >= 11 is 5.73. The molecule has 0 fully saturated rings. The zero-order valence-corrected chi connectivity index (χ0v) is 11.0. The minimum Gasteiger partial charge on any atom is -0.468 e. The Hall–Kier alpha value is -1.59. The van der Waals surface area contributed by atoms with Gasteiger partial charge in [0.2, 0.25) is 5.91 Å². The molecule has 0 spiro atoms. The van der Waals surface area contributed by atoms with Crippen molar-refractivity contribution in [3.05, 3.63) is 29.3 Å². The van der Waals surface area contributed by atoms with Crippen LogP contribution in [0.4, 0.5) is 5.69 Å². The Morgan fingerprint density at radius 3 is 2.50 bits per heavy atom. The van der Waals surface area contributed by atoms with E-state index in [0.29, 0.717) is 10.7 Å². The van der Waals surface area contributed by atoms with E-state index in [1.54, 1.807) is 31.2 Å². The van der Waals surface area contributed by atoms with Gasteiger partial charge in [-0.15, -0.1) is 0 Å². The van der Waals surface area contributed by atoms with Crippen LogP contribution in [0.1, 0.15) is 6.92 Å². The number of anilines is 1. The van der Waals surface area contributed by atoms with E-state index in [1.165, 1.54) is 7.11 Å². The van der Waals surface area contributed by atoms with Crippen molar-refractivity contribution in [2.45, 2.75) is 13.0 Å². The van der Waals surface area contributed by atoms with Crippen LogP contribution >= 0.6 is 11.6 Å². The number of methoxy groups -OCH3 is 1. The van der Waals surface area contributed by atoms with Gasteiger partial charge in [0, 0.05) is 10.7 Å². The Morgan fingerprint density at radius 1 is 1.33 bits per heavy atom. The third-order valence-electron chi connectivity index (χ3n) is 2.25. The van der Waals surface area contributed by atoms with Gasteiger partial charge in [0.15, 0.2) is 0 Å². The lowest BCUT2D eigenvalue weighted by Gasteiger charge is -2.11. The fourth-order valence-corrected chi connectivity index (χ4v) is 1.37. The average Bonchev–Trinajstić information content (AvgIpc) is 2.37. The van der Waals surface area contributed by atoms with Gasteiger partial charge in [0.1, 0.15) is 6.04 Å². The number of rotatable bonds is 5. The van der Waals surface area contributed by atoms with Crippen LogP contribution in [-0.4, -0.2) is 31.6 Å². The van der Waals surface area contributed by atoms with E-state index in [2.05, 4.69) is 15.4 Å². The van der Waals surface area contributed by atoms with Crippen molar-refractivity contribution in [1.82, 2.24) is 5.32 Å². The van der Waals surface area contributed by atoms with Crippen LogP contribution in [0.3, 0.4) is 0 Å². The zero-order chi connectivity index (χ0) is 13.5. The normalized spacial score (nSPS) is 11.7. The van der Waals surface area contributed by atoms with Crippen LogP contribution in [-0.2, 0) is 14.3 Å². The molecule has 0 radical (unpaired) electrons. The molecule has 1 rings (SSSR count). The van der Waals surface area contributed by atoms with Gasteiger partial charge in [0.25, 0.3) is 0 Å². The number of amides is 1. The molecule has 1 atom stereocenters. The summed E-state index contributed by atoms with van der Waals surface area (Å²) in [5.74, 6) is -0.651. The van der Waals surface area contributed by atoms with Gasteiger partial charge in [-0.25, -0.2) is 0 Å². The molecule has 0 saturated carbocycles. The number of halogens is 1. The summed E-state index contributed by atoms with van der Waals surface area (Å²) in [5, 5.41) is 6.02. The second kappa shape index (κ2) is 6.98. The molecule has 6 heteroatoms. The fraction of sp³-hybridized carbons (Fsp3) is 0.333. The van der Waals surface area contributed by atoms with E-state index in [1.807, 2.05) is 0 Å².